The second-order valence-corrected chi connectivity index (χ2v) is 7.52. The van der Waals surface area contributed by atoms with Gasteiger partial charge in [0, 0.05) is 29.6 Å². The number of hydrogen-bond acceptors (Lipinski definition) is 6. The summed E-state index contributed by atoms with van der Waals surface area (Å²) in [5.74, 6) is 0.565. The highest BCUT2D eigenvalue weighted by molar-refractivity contribution is 7.99. The van der Waals surface area contributed by atoms with E-state index in [2.05, 4.69) is 32.5 Å². The van der Waals surface area contributed by atoms with E-state index in [1.165, 1.54) is 17.3 Å². The summed E-state index contributed by atoms with van der Waals surface area (Å²) in [5, 5.41) is 8.09. The molecule has 0 atom stereocenters. The van der Waals surface area contributed by atoms with E-state index in [0.717, 1.165) is 22.6 Å². The first-order chi connectivity index (χ1) is 13.4. The van der Waals surface area contributed by atoms with Gasteiger partial charge in [-0.2, -0.15) is 5.10 Å². The summed E-state index contributed by atoms with van der Waals surface area (Å²) in [6, 6.07) is 11.9. The van der Waals surface area contributed by atoms with E-state index in [1.807, 2.05) is 43.7 Å². The molecule has 0 saturated heterocycles. The fourth-order valence-electron chi connectivity index (χ4n) is 2.90. The standard InChI is InChI=1S/C20H24N6OS/c1-13-9-18(21)24-20(23-13)28-12-19(27)22-10-17-14(2)25-26(15(17)3)11-16-7-5-4-6-8-16/h4-9H,10-12H2,1-3H3,(H,22,27)(H2,21,23,24). The molecule has 0 fully saturated rings. The van der Waals surface area contributed by atoms with Crippen LogP contribution in [0, 0.1) is 20.8 Å². The largest absolute Gasteiger partial charge is 0.384 e. The van der Waals surface area contributed by atoms with Gasteiger partial charge in [-0.3, -0.25) is 9.48 Å². The number of anilines is 1. The SMILES string of the molecule is Cc1cc(N)nc(SCC(=O)NCc2c(C)nn(Cc3ccccc3)c2C)n1. The number of nitrogens with zero attached hydrogens (tertiary/aromatic N) is 4. The van der Waals surface area contributed by atoms with E-state index < -0.39 is 0 Å². The predicted octanol–water partition coefficient (Wildman–Crippen LogP) is 2.64. The first-order valence-corrected chi connectivity index (χ1v) is 9.98. The van der Waals surface area contributed by atoms with E-state index >= 15 is 0 Å². The summed E-state index contributed by atoms with van der Waals surface area (Å²) >= 11 is 1.27. The quantitative estimate of drug-likeness (QED) is 0.471. The molecule has 146 valence electrons. The summed E-state index contributed by atoms with van der Waals surface area (Å²) in [5.41, 5.74) is 10.7. The molecule has 0 aliphatic carbocycles. The highest BCUT2D eigenvalue weighted by Gasteiger charge is 2.13. The van der Waals surface area contributed by atoms with Crippen LogP contribution in [0.15, 0.2) is 41.6 Å². The van der Waals surface area contributed by atoms with Gasteiger partial charge in [0.1, 0.15) is 5.82 Å². The summed E-state index contributed by atoms with van der Waals surface area (Å²) in [6.07, 6.45) is 0. The van der Waals surface area contributed by atoms with Crippen molar-refractivity contribution >= 4 is 23.5 Å². The van der Waals surface area contributed by atoms with Gasteiger partial charge in [-0.1, -0.05) is 42.1 Å². The van der Waals surface area contributed by atoms with Crippen molar-refractivity contribution in [2.45, 2.75) is 39.0 Å². The molecular formula is C20H24N6OS. The molecule has 3 N–H and O–H groups in total. The van der Waals surface area contributed by atoms with E-state index in [-0.39, 0.29) is 11.7 Å². The van der Waals surface area contributed by atoms with Crippen molar-refractivity contribution in [2.24, 2.45) is 0 Å². The van der Waals surface area contributed by atoms with Crippen molar-refractivity contribution < 1.29 is 4.79 Å². The summed E-state index contributed by atoms with van der Waals surface area (Å²) in [4.78, 5) is 20.6. The van der Waals surface area contributed by atoms with Crippen LogP contribution < -0.4 is 11.1 Å². The van der Waals surface area contributed by atoms with Crippen LogP contribution in [0.4, 0.5) is 5.82 Å². The third-order valence-electron chi connectivity index (χ3n) is 4.35. The Hall–Kier alpha value is -2.87. The van der Waals surface area contributed by atoms with Crippen LogP contribution in [0.1, 0.15) is 28.2 Å². The van der Waals surface area contributed by atoms with Crippen LogP contribution in [-0.4, -0.2) is 31.4 Å². The lowest BCUT2D eigenvalue weighted by Crippen LogP contribution is -2.25. The smallest absolute Gasteiger partial charge is 0.230 e. The Kier molecular flexibility index (Phi) is 6.30. The molecule has 8 heteroatoms. The number of nitrogens with two attached hydrogens (primary N) is 1. The number of thioether (sulfide) groups is 1. The van der Waals surface area contributed by atoms with Crippen molar-refractivity contribution in [1.29, 1.82) is 0 Å². The third kappa shape index (κ3) is 5.10. The molecule has 28 heavy (non-hydrogen) atoms. The number of amides is 1. The zero-order valence-electron chi connectivity index (χ0n) is 16.3. The van der Waals surface area contributed by atoms with Gasteiger partial charge in [-0.15, -0.1) is 0 Å². The van der Waals surface area contributed by atoms with Gasteiger partial charge in [0.15, 0.2) is 5.16 Å². The number of aryl methyl sites for hydroxylation is 2. The first-order valence-electron chi connectivity index (χ1n) is 9.00. The fraction of sp³-hybridized carbons (Fsp3) is 0.300. The molecule has 2 heterocycles. The molecular weight excluding hydrogens is 372 g/mol. The zero-order chi connectivity index (χ0) is 20.1. The monoisotopic (exact) mass is 396 g/mol. The van der Waals surface area contributed by atoms with Gasteiger partial charge in [-0.25, -0.2) is 9.97 Å². The molecule has 7 nitrogen and oxygen atoms in total. The number of hydrogen-bond donors (Lipinski definition) is 2. The van der Waals surface area contributed by atoms with E-state index in [0.29, 0.717) is 24.1 Å². The van der Waals surface area contributed by atoms with Crippen LogP contribution in [-0.2, 0) is 17.9 Å². The number of aromatic nitrogens is 4. The maximum atomic E-state index is 12.2. The van der Waals surface area contributed by atoms with Gasteiger partial charge in [0.2, 0.25) is 5.91 Å². The topological polar surface area (TPSA) is 98.7 Å². The lowest BCUT2D eigenvalue weighted by atomic mass is 10.2. The highest BCUT2D eigenvalue weighted by Crippen LogP contribution is 2.16. The maximum absolute atomic E-state index is 12.2. The van der Waals surface area contributed by atoms with Crippen LogP contribution in [0.5, 0.6) is 0 Å². The van der Waals surface area contributed by atoms with Crippen molar-refractivity contribution in [1.82, 2.24) is 25.1 Å². The Morgan fingerprint density at radius 1 is 1.18 bits per heavy atom. The van der Waals surface area contributed by atoms with E-state index in [4.69, 9.17) is 5.73 Å². The predicted molar refractivity (Wildman–Crippen MR) is 111 cm³/mol. The molecule has 0 aliphatic heterocycles. The van der Waals surface area contributed by atoms with Crippen LogP contribution >= 0.6 is 11.8 Å². The van der Waals surface area contributed by atoms with Gasteiger partial charge in [-0.05, 0) is 26.3 Å². The molecule has 0 spiro atoms. The minimum atomic E-state index is -0.0803. The van der Waals surface area contributed by atoms with Crippen molar-refractivity contribution in [2.75, 3.05) is 11.5 Å². The van der Waals surface area contributed by atoms with Crippen molar-refractivity contribution in [3.63, 3.8) is 0 Å². The Balaban J connectivity index is 1.57. The average molecular weight is 397 g/mol. The van der Waals surface area contributed by atoms with Gasteiger partial charge >= 0.3 is 0 Å². The zero-order valence-corrected chi connectivity index (χ0v) is 17.1. The molecule has 1 aromatic carbocycles. The molecule has 0 aliphatic rings. The molecule has 0 bridgehead atoms. The number of nitrogen functional groups attached to an aromatic ring is 1. The molecule has 0 saturated carbocycles. The summed E-state index contributed by atoms with van der Waals surface area (Å²) in [7, 11) is 0. The van der Waals surface area contributed by atoms with Gasteiger partial charge in [0.25, 0.3) is 0 Å². The first kappa shape index (κ1) is 19.9. The summed E-state index contributed by atoms with van der Waals surface area (Å²) < 4.78 is 1.98. The second-order valence-electron chi connectivity index (χ2n) is 6.57. The fourth-order valence-corrected chi connectivity index (χ4v) is 3.64. The molecule has 2 aromatic heterocycles. The molecule has 0 unspecified atom stereocenters. The third-order valence-corrected chi connectivity index (χ3v) is 5.20. The van der Waals surface area contributed by atoms with Gasteiger partial charge in [0.05, 0.1) is 18.0 Å². The number of nitrogens with one attached hydrogen (secondary N) is 1. The maximum Gasteiger partial charge on any atom is 0.230 e. The Labute approximate surface area is 168 Å². The lowest BCUT2D eigenvalue weighted by molar-refractivity contribution is -0.118. The van der Waals surface area contributed by atoms with Crippen molar-refractivity contribution in [3.8, 4) is 0 Å². The molecule has 3 rings (SSSR count). The molecule has 3 aromatic rings. The Morgan fingerprint density at radius 3 is 2.64 bits per heavy atom. The molecule has 0 radical (unpaired) electrons. The van der Waals surface area contributed by atoms with Crippen LogP contribution in [0.3, 0.4) is 0 Å². The average Bonchev–Trinajstić information content (AvgIpc) is 2.91. The van der Waals surface area contributed by atoms with Crippen molar-refractivity contribution in [3.05, 3.63) is 64.6 Å². The van der Waals surface area contributed by atoms with Gasteiger partial charge < -0.3 is 11.1 Å². The minimum absolute atomic E-state index is 0.0803. The minimum Gasteiger partial charge on any atom is -0.384 e. The second kappa shape index (κ2) is 8.88. The van der Waals surface area contributed by atoms with Crippen LogP contribution in [0.25, 0.3) is 0 Å². The normalized spacial score (nSPS) is 10.8. The number of rotatable bonds is 7. The number of benzene rings is 1. The molecule has 1 amide bonds. The van der Waals surface area contributed by atoms with Crippen LogP contribution in [0.2, 0.25) is 0 Å². The number of carbonyl (C=O) groups excluding carboxylic acids is 1. The lowest BCUT2D eigenvalue weighted by Gasteiger charge is -2.07. The Morgan fingerprint density at radius 2 is 1.93 bits per heavy atom. The summed E-state index contributed by atoms with van der Waals surface area (Å²) in [6.45, 7) is 7.00. The van der Waals surface area contributed by atoms with E-state index in [9.17, 15) is 4.79 Å². The Bertz CT molecular complexity index is 950. The number of carbonyl (C=O) groups is 1. The highest BCUT2D eigenvalue weighted by atomic mass is 32.2. The van der Waals surface area contributed by atoms with E-state index in [1.54, 1.807) is 6.07 Å².